The molecule has 8 heteroatoms. The molecule has 0 aliphatic rings. The first-order valence-electron chi connectivity index (χ1n) is 7.39. The minimum absolute atomic E-state index is 0.255. The molecule has 6 nitrogen and oxygen atoms in total. The maximum absolute atomic E-state index is 11.9. The number of hydrogen-bond donors (Lipinski definition) is 2. The number of amides is 2. The fraction of sp³-hybridized carbons (Fsp3) is 0.235. The van der Waals surface area contributed by atoms with Crippen molar-refractivity contribution in [3.63, 3.8) is 0 Å². The Balaban J connectivity index is 1.82. The molecule has 25 heavy (non-hydrogen) atoms. The van der Waals surface area contributed by atoms with E-state index in [0.29, 0.717) is 33.0 Å². The zero-order valence-corrected chi connectivity index (χ0v) is 15.3. The maximum atomic E-state index is 11.9. The third-order valence-corrected chi connectivity index (χ3v) is 3.74. The van der Waals surface area contributed by atoms with E-state index in [1.165, 1.54) is 7.11 Å². The summed E-state index contributed by atoms with van der Waals surface area (Å²) in [5.41, 5.74) is 0.471. The SMILES string of the molecule is COc1cccc(OCCNC(=O)Nc2ccc(Cl)cc2Cl)c1OC. The lowest BCUT2D eigenvalue weighted by molar-refractivity contribution is 0.245. The van der Waals surface area contributed by atoms with Gasteiger partial charge in [-0.3, -0.25) is 0 Å². The quantitative estimate of drug-likeness (QED) is 0.701. The molecule has 0 bridgehead atoms. The lowest BCUT2D eigenvalue weighted by Gasteiger charge is -2.14. The van der Waals surface area contributed by atoms with Crippen molar-refractivity contribution in [1.82, 2.24) is 5.32 Å². The fourth-order valence-electron chi connectivity index (χ4n) is 2.05. The van der Waals surface area contributed by atoms with Crippen LogP contribution in [0.4, 0.5) is 10.5 Å². The first kappa shape index (κ1) is 19.0. The van der Waals surface area contributed by atoms with Crippen molar-refractivity contribution in [2.24, 2.45) is 0 Å². The molecular formula is C17H18Cl2N2O4. The molecule has 134 valence electrons. The third-order valence-electron chi connectivity index (χ3n) is 3.19. The minimum atomic E-state index is -0.398. The highest BCUT2D eigenvalue weighted by molar-refractivity contribution is 6.36. The summed E-state index contributed by atoms with van der Waals surface area (Å²) in [7, 11) is 3.09. The number of nitrogens with one attached hydrogen (secondary N) is 2. The van der Waals surface area contributed by atoms with Gasteiger partial charge in [0.05, 0.1) is 31.5 Å². The van der Waals surface area contributed by atoms with Crippen LogP contribution in [0.15, 0.2) is 36.4 Å². The van der Waals surface area contributed by atoms with Crippen LogP contribution in [-0.2, 0) is 0 Å². The van der Waals surface area contributed by atoms with Crippen LogP contribution in [0.1, 0.15) is 0 Å². The Morgan fingerprint density at radius 2 is 1.84 bits per heavy atom. The molecule has 0 radical (unpaired) electrons. The Morgan fingerprint density at radius 1 is 1.08 bits per heavy atom. The molecule has 2 rings (SSSR count). The van der Waals surface area contributed by atoms with Crippen molar-refractivity contribution in [3.05, 3.63) is 46.4 Å². The van der Waals surface area contributed by atoms with E-state index < -0.39 is 6.03 Å². The Bertz CT molecular complexity index is 741. The molecule has 0 aromatic heterocycles. The zero-order chi connectivity index (χ0) is 18.2. The average molecular weight is 385 g/mol. The fourth-order valence-corrected chi connectivity index (χ4v) is 2.51. The van der Waals surface area contributed by atoms with Gasteiger partial charge in [0.25, 0.3) is 0 Å². The van der Waals surface area contributed by atoms with Gasteiger partial charge in [-0.25, -0.2) is 4.79 Å². The second kappa shape index (κ2) is 9.25. The van der Waals surface area contributed by atoms with Gasteiger partial charge in [0, 0.05) is 5.02 Å². The highest BCUT2D eigenvalue weighted by Gasteiger charge is 2.11. The van der Waals surface area contributed by atoms with Gasteiger partial charge in [-0.05, 0) is 30.3 Å². The molecule has 2 aromatic rings. The predicted molar refractivity (Wildman–Crippen MR) is 98.5 cm³/mol. The van der Waals surface area contributed by atoms with Crippen LogP contribution in [0, 0.1) is 0 Å². The number of carbonyl (C=O) groups excluding carboxylic acids is 1. The topological polar surface area (TPSA) is 68.8 Å². The van der Waals surface area contributed by atoms with Gasteiger partial charge in [-0.1, -0.05) is 29.3 Å². The average Bonchev–Trinajstić information content (AvgIpc) is 2.60. The predicted octanol–water partition coefficient (Wildman–Crippen LogP) is 4.21. The molecule has 0 aliphatic heterocycles. The number of carbonyl (C=O) groups is 1. The Hall–Kier alpha value is -2.31. The Morgan fingerprint density at radius 3 is 2.52 bits per heavy atom. The van der Waals surface area contributed by atoms with Crippen LogP contribution in [0.25, 0.3) is 0 Å². The van der Waals surface area contributed by atoms with Crippen molar-refractivity contribution in [1.29, 1.82) is 0 Å². The molecule has 0 saturated carbocycles. The summed E-state index contributed by atoms with van der Waals surface area (Å²) in [6.07, 6.45) is 0. The first-order chi connectivity index (χ1) is 12.0. The summed E-state index contributed by atoms with van der Waals surface area (Å²) in [6.45, 7) is 0.544. The minimum Gasteiger partial charge on any atom is -0.493 e. The summed E-state index contributed by atoms with van der Waals surface area (Å²) in [6, 6.07) is 9.74. The molecule has 0 unspecified atom stereocenters. The van der Waals surface area contributed by atoms with Crippen molar-refractivity contribution in [3.8, 4) is 17.2 Å². The number of methoxy groups -OCH3 is 2. The number of hydrogen-bond acceptors (Lipinski definition) is 4. The van der Waals surface area contributed by atoms with Gasteiger partial charge in [0.2, 0.25) is 5.75 Å². The second-order valence-corrected chi connectivity index (χ2v) is 5.69. The Labute approximate surface area is 156 Å². The van der Waals surface area contributed by atoms with Crippen molar-refractivity contribution < 1.29 is 19.0 Å². The number of urea groups is 1. The van der Waals surface area contributed by atoms with Crippen LogP contribution < -0.4 is 24.8 Å². The van der Waals surface area contributed by atoms with Gasteiger partial charge in [-0.2, -0.15) is 0 Å². The van der Waals surface area contributed by atoms with E-state index in [0.717, 1.165) is 0 Å². The smallest absolute Gasteiger partial charge is 0.319 e. The molecule has 2 N–H and O–H groups in total. The van der Waals surface area contributed by atoms with Crippen LogP contribution in [-0.4, -0.2) is 33.4 Å². The summed E-state index contributed by atoms with van der Waals surface area (Å²) in [4.78, 5) is 11.9. The number of benzene rings is 2. The number of anilines is 1. The van der Waals surface area contributed by atoms with E-state index in [-0.39, 0.29) is 13.2 Å². The van der Waals surface area contributed by atoms with E-state index in [2.05, 4.69) is 10.6 Å². The summed E-state index contributed by atoms with van der Waals surface area (Å²) >= 11 is 11.8. The van der Waals surface area contributed by atoms with Crippen molar-refractivity contribution >= 4 is 34.9 Å². The van der Waals surface area contributed by atoms with Crippen LogP contribution in [0.5, 0.6) is 17.2 Å². The summed E-state index contributed by atoms with van der Waals surface area (Å²) in [5, 5.41) is 6.16. The van der Waals surface area contributed by atoms with Gasteiger partial charge in [-0.15, -0.1) is 0 Å². The van der Waals surface area contributed by atoms with Crippen molar-refractivity contribution in [2.45, 2.75) is 0 Å². The Kier molecular flexibility index (Phi) is 7.03. The van der Waals surface area contributed by atoms with E-state index >= 15 is 0 Å². The first-order valence-corrected chi connectivity index (χ1v) is 8.14. The molecule has 0 aliphatic carbocycles. The molecule has 0 heterocycles. The summed E-state index contributed by atoms with van der Waals surface area (Å²) in [5.74, 6) is 1.61. The normalized spacial score (nSPS) is 10.1. The number of para-hydroxylation sites is 1. The standard InChI is InChI=1S/C17H18Cl2N2O4/c1-23-14-4-3-5-15(16(14)24-2)25-9-8-20-17(22)21-13-7-6-11(18)10-12(13)19/h3-7,10H,8-9H2,1-2H3,(H2,20,21,22). The van der Waals surface area contributed by atoms with Gasteiger partial charge in [0.1, 0.15) is 6.61 Å². The van der Waals surface area contributed by atoms with E-state index in [1.54, 1.807) is 43.5 Å². The van der Waals surface area contributed by atoms with E-state index in [9.17, 15) is 4.79 Å². The van der Waals surface area contributed by atoms with Crippen LogP contribution in [0.2, 0.25) is 10.0 Å². The monoisotopic (exact) mass is 384 g/mol. The lowest BCUT2D eigenvalue weighted by atomic mass is 10.3. The molecule has 2 amide bonds. The van der Waals surface area contributed by atoms with E-state index in [4.69, 9.17) is 37.4 Å². The van der Waals surface area contributed by atoms with Crippen LogP contribution in [0.3, 0.4) is 0 Å². The second-order valence-electron chi connectivity index (χ2n) is 4.85. The number of ether oxygens (including phenoxy) is 3. The summed E-state index contributed by atoms with van der Waals surface area (Å²) < 4.78 is 16.1. The molecule has 2 aromatic carbocycles. The van der Waals surface area contributed by atoms with Crippen LogP contribution >= 0.6 is 23.2 Å². The highest BCUT2D eigenvalue weighted by Crippen LogP contribution is 2.36. The molecule has 0 saturated heterocycles. The van der Waals surface area contributed by atoms with Crippen molar-refractivity contribution in [2.75, 3.05) is 32.7 Å². The number of halogens is 2. The lowest BCUT2D eigenvalue weighted by Crippen LogP contribution is -2.32. The maximum Gasteiger partial charge on any atom is 0.319 e. The third kappa shape index (κ3) is 5.34. The van der Waals surface area contributed by atoms with Gasteiger partial charge in [0.15, 0.2) is 11.5 Å². The van der Waals surface area contributed by atoms with Gasteiger partial charge < -0.3 is 24.8 Å². The zero-order valence-electron chi connectivity index (χ0n) is 13.8. The molecule has 0 fully saturated rings. The van der Waals surface area contributed by atoms with E-state index in [1.807, 2.05) is 0 Å². The number of rotatable bonds is 7. The largest absolute Gasteiger partial charge is 0.493 e. The van der Waals surface area contributed by atoms with Gasteiger partial charge >= 0.3 is 6.03 Å². The molecular weight excluding hydrogens is 367 g/mol. The highest BCUT2D eigenvalue weighted by atomic mass is 35.5. The molecule has 0 atom stereocenters. The molecule has 0 spiro atoms.